The van der Waals surface area contributed by atoms with Gasteiger partial charge >= 0.3 is 6.09 Å². The van der Waals surface area contributed by atoms with Crippen molar-refractivity contribution in [2.24, 2.45) is 5.73 Å². The van der Waals surface area contributed by atoms with Gasteiger partial charge in [0, 0.05) is 11.1 Å². The third-order valence-electron chi connectivity index (χ3n) is 6.48. The number of rotatable bonds is 9. The maximum atomic E-state index is 13.5. The van der Waals surface area contributed by atoms with Gasteiger partial charge in [-0.1, -0.05) is 18.2 Å². The zero-order valence-electron chi connectivity index (χ0n) is 24.5. The van der Waals surface area contributed by atoms with Gasteiger partial charge in [0.1, 0.15) is 24.2 Å². The molecule has 3 unspecified atom stereocenters. The summed E-state index contributed by atoms with van der Waals surface area (Å²) >= 11 is 0. The summed E-state index contributed by atoms with van der Waals surface area (Å²) < 4.78 is 19.0. The van der Waals surface area contributed by atoms with Crippen molar-refractivity contribution < 1.29 is 34.0 Å². The number of nitrogens with two attached hydrogens (primary N) is 1. The number of aromatic nitrogens is 2. The van der Waals surface area contributed by atoms with Crippen molar-refractivity contribution in [3.63, 3.8) is 0 Å². The van der Waals surface area contributed by atoms with Crippen LogP contribution in [-0.4, -0.2) is 66.4 Å². The SMILES string of the molecule is CC(C)(C)OC(=O)n1c(COc2cccc3c2CN(C(CCC(N)O)C(O)OC(C)(C)C)C3=O)nc2ccccc21. The highest BCUT2D eigenvalue weighted by molar-refractivity contribution is 5.99. The molecule has 222 valence electrons. The Bertz CT molecular complexity index is 1400. The smallest absolute Gasteiger partial charge is 0.420 e. The Morgan fingerprint density at radius 1 is 1.02 bits per heavy atom. The van der Waals surface area contributed by atoms with Gasteiger partial charge in [0.25, 0.3) is 5.91 Å². The molecule has 4 N–H and O–H groups in total. The van der Waals surface area contributed by atoms with Crippen LogP contribution in [-0.2, 0) is 22.6 Å². The second kappa shape index (κ2) is 11.8. The number of fused-ring (bicyclic) bond motifs is 2. The number of carbonyl (C=O) groups is 2. The number of aliphatic hydroxyl groups excluding tert-OH is 2. The minimum Gasteiger partial charge on any atom is -0.485 e. The van der Waals surface area contributed by atoms with E-state index in [4.69, 9.17) is 19.9 Å². The van der Waals surface area contributed by atoms with Gasteiger partial charge in [0.05, 0.1) is 29.2 Å². The van der Waals surface area contributed by atoms with Gasteiger partial charge < -0.3 is 35.1 Å². The highest BCUT2D eigenvalue weighted by Gasteiger charge is 2.39. The molecule has 11 heteroatoms. The zero-order valence-corrected chi connectivity index (χ0v) is 24.5. The lowest BCUT2D eigenvalue weighted by Gasteiger charge is -2.35. The molecule has 0 saturated carbocycles. The number of aliphatic hydroxyl groups is 2. The highest BCUT2D eigenvalue weighted by Crippen LogP contribution is 2.35. The van der Waals surface area contributed by atoms with Gasteiger partial charge in [-0.3, -0.25) is 4.79 Å². The molecule has 0 saturated heterocycles. The van der Waals surface area contributed by atoms with Crippen LogP contribution >= 0.6 is 0 Å². The van der Waals surface area contributed by atoms with Crippen LogP contribution in [0.15, 0.2) is 42.5 Å². The highest BCUT2D eigenvalue weighted by atomic mass is 16.6. The number of nitrogens with zero attached hydrogens (tertiary/aromatic N) is 3. The number of para-hydroxylation sites is 2. The summed E-state index contributed by atoms with van der Waals surface area (Å²) in [7, 11) is 0. The fourth-order valence-electron chi connectivity index (χ4n) is 4.79. The summed E-state index contributed by atoms with van der Waals surface area (Å²) in [6.45, 7) is 10.9. The van der Waals surface area contributed by atoms with Crippen molar-refractivity contribution in [1.29, 1.82) is 0 Å². The first-order valence-electron chi connectivity index (χ1n) is 13.7. The van der Waals surface area contributed by atoms with Crippen LogP contribution in [0.4, 0.5) is 4.79 Å². The van der Waals surface area contributed by atoms with E-state index in [0.29, 0.717) is 33.7 Å². The Hall–Kier alpha value is -3.51. The lowest BCUT2D eigenvalue weighted by atomic mass is 10.1. The van der Waals surface area contributed by atoms with E-state index < -0.39 is 35.9 Å². The first kappa shape index (κ1) is 30.4. The predicted molar refractivity (Wildman–Crippen MR) is 152 cm³/mol. The Morgan fingerprint density at radius 2 is 1.73 bits per heavy atom. The number of carbonyl (C=O) groups excluding carboxylic acids is 2. The fraction of sp³-hybridized carbons (Fsp3) is 0.500. The molecule has 0 fully saturated rings. The molecule has 2 aromatic carbocycles. The van der Waals surface area contributed by atoms with Crippen molar-refractivity contribution in [1.82, 2.24) is 14.5 Å². The summed E-state index contributed by atoms with van der Waals surface area (Å²) in [5, 5.41) is 20.6. The average molecular weight is 569 g/mol. The maximum absolute atomic E-state index is 13.5. The monoisotopic (exact) mass is 568 g/mol. The largest absolute Gasteiger partial charge is 0.485 e. The van der Waals surface area contributed by atoms with Crippen molar-refractivity contribution in [2.45, 2.75) is 97.3 Å². The van der Waals surface area contributed by atoms with Crippen molar-refractivity contribution in [2.75, 3.05) is 0 Å². The zero-order chi connectivity index (χ0) is 30.1. The minimum atomic E-state index is -1.30. The molecule has 3 aromatic rings. The Morgan fingerprint density at radius 3 is 2.39 bits per heavy atom. The molecule has 0 radical (unpaired) electrons. The third-order valence-corrected chi connectivity index (χ3v) is 6.48. The van der Waals surface area contributed by atoms with Crippen LogP contribution < -0.4 is 10.5 Å². The van der Waals surface area contributed by atoms with E-state index in [1.54, 1.807) is 51.1 Å². The number of amides is 1. The molecule has 41 heavy (non-hydrogen) atoms. The number of hydrogen-bond acceptors (Lipinski definition) is 9. The molecule has 4 rings (SSSR count). The van der Waals surface area contributed by atoms with Gasteiger partial charge in [0.15, 0.2) is 12.1 Å². The summed E-state index contributed by atoms with van der Waals surface area (Å²) in [4.78, 5) is 32.7. The van der Waals surface area contributed by atoms with Gasteiger partial charge in [-0.2, -0.15) is 0 Å². The lowest BCUT2D eigenvalue weighted by molar-refractivity contribution is -0.194. The van der Waals surface area contributed by atoms with Crippen LogP contribution in [0.25, 0.3) is 11.0 Å². The Kier molecular flexibility index (Phi) is 8.74. The quantitative estimate of drug-likeness (QED) is 0.327. The van der Waals surface area contributed by atoms with Gasteiger partial charge in [-0.25, -0.2) is 14.3 Å². The van der Waals surface area contributed by atoms with Crippen molar-refractivity contribution in [3.8, 4) is 5.75 Å². The lowest BCUT2D eigenvalue weighted by Crippen LogP contribution is -2.48. The van der Waals surface area contributed by atoms with Crippen molar-refractivity contribution in [3.05, 3.63) is 59.4 Å². The molecule has 1 aliphatic rings. The molecular formula is C30H40N4O7. The molecule has 2 heterocycles. The molecule has 0 bridgehead atoms. The summed E-state index contributed by atoms with van der Waals surface area (Å²) in [6, 6.07) is 11.7. The van der Waals surface area contributed by atoms with Gasteiger partial charge in [0.2, 0.25) is 0 Å². The van der Waals surface area contributed by atoms with E-state index in [2.05, 4.69) is 4.98 Å². The van der Waals surface area contributed by atoms with Gasteiger partial charge in [-0.05, 0) is 78.6 Å². The van der Waals surface area contributed by atoms with Crippen molar-refractivity contribution >= 4 is 23.0 Å². The maximum Gasteiger partial charge on any atom is 0.420 e. The van der Waals surface area contributed by atoms with E-state index in [0.717, 1.165) is 0 Å². The molecule has 1 aliphatic heterocycles. The molecule has 11 nitrogen and oxygen atoms in total. The minimum absolute atomic E-state index is 0.0584. The summed E-state index contributed by atoms with van der Waals surface area (Å²) in [5.74, 6) is 0.507. The van der Waals surface area contributed by atoms with Crippen LogP contribution in [0.3, 0.4) is 0 Å². The molecule has 1 aromatic heterocycles. The number of ether oxygens (including phenoxy) is 3. The van der Waals surface area contributed by atoms with Crippen LogP contribution in [0.1, 0.15) is 76.1 Å². The summed E-state index contributed by atoms with van der Waals surface area (Å²) in [6.07, 6.45) is -2.57. The number of imidazole rings is 1. The summed E-state index contributed by atoms with van der Waals surface area (Å²) in [5.41, 5.74) is 6.49. The van der Waals surface area contributed by atoms with E-state index in [9.17, 15) is 19.8 Å². The first-order valence-corrected chi connectivity index (χ1v) is 13.7. The van der Waals surface area contributed by atoms with Crippen LogP contribution in [0.2, 0.25) is 0 Å². The van der Waals surface area contributed by atoms with E-state index >= 15 is 0 Å². The number of benzene rings is 2. The molecule has 3 atom stereocenters. The third kappa shape index (κ3) is 7.23. The molecular weight excluding hydrogens is 528 g/mol. The first-order chi connectivity index (χ1) is 19.1. The van der Waals surface area contributed by atoms with E-state index in [-0.39, 0.29) is 31.9 Å². The molecule has 0 spiro atoms. The van der Waals surface area contributed by atoms with Gasteiger partial charge in [-0.15, -0.1) is 0 Å². The molecule has 0 aliphatic carbocycles. The molecule has 1 amide bonds. The predicted octanol–water partition coefficient (Wildman–Crippen LogP) is 3.91. The van der Waals surface area contributed by atoms with Crippen LogP contribution in [0, 0.1) is 0 Å². The Labute approximate surface area is 239 Å². The van der Waals surface area contributed by atoms with E-state index in [1.165, 1.54) is 9.47 Å². The number of hydrogen-bond donors (Lipinski definition) is 3. The standard InChI is InChI=1S/C30H40N4O7/c1-29(2,3)40-27(37)22(14-15-24(31)35)33-16-19-18(26(33)36)10-9-13-23(19)39-17-25-32-20-11-7-8-12-21(20)34(25)28(38)41-30(4,5)6/h7-13,22,24,27,35,37H,14-17,31H2,1-6H3. The average Bonchev–Trinajstić information content (AvgIpc) is 3.39. The normalized spacial score (nSPS) is 16.0. The second-order valence-corrected chi connectivity index (χ2v) is 12.2. The second-order valence-electron chi connectivity index (χ2n) is 12.2. The van der Waals surface area contributed by atoms with E-state index in [1.807, 2.05) is 32.9 Å². The topological polar surface area (TPSA) is 149 Å². The fourth-order valence-corrected chi connectivity index (χ4v) is 4.79. The Balaban J connectivity index is 1.60. The van der Waals surface area contributed by atoms with Crippen LogP contribution in [0.5, 0.6) is 5.75 Å².